The highest BCUT2D eigenvalue weighted by Gasteiger charge is 2.34. The Labute approximate surface area is 152 Å². The molecule has 6 nitrogen and oxygen atoms in total. The molecular weight excluding hydrogens is 330 g/mol. The third-order valence-corrected chi connectivity index (χ3v) is 4.49. The van der Waals surface area contributed by atoms with Crippen molar-refractivity contribution in [2.45, 2.75) is 20.3 Å². The van der Waals surface area contributed by atoms with Gasteiger partial charge in [-0.25, -0.2) is 4.79 Å². The van der Waals surface area contributed by atoms with Gasteiger partial charge in [-0.2, -0.15) is 0 Å². The maximum atomic E-state index is 12.2. The molecule has 2 aromatic rings. The number of urea groups is 1. The molecular formula is C20H21N3O3. The van der Waals surface area contributed by atoms with E-state index in [1.165, 1.54) is 4.90 Å². The van der Waals surface area contributed by atoms with Gasteiger partial charge in [0, 0.05) is 18.8 Å². The van der Waals surface area contributed by atoms with Gasteiger partial charge in [0.2, 0.25) is 0 Å². The quantitative estimate of drug-likeness (QED) is 0.642. The molecule has 6 heteroatoms. The second-order valence-corrected chi connectivity index (χ2v) is 6.34. The van der Waals surface area contributed by atoms with Crippen LogP contribution in [0.15, 0.2) is 42.5 Å². The van der Waals surface area contributed by atoms with Crippen molar-refractivity contribution >= 4 is 23.5 Å². The number of anilines is 1. The molecule has 1 aliphatic heterocycles. The number of hydrogen-bond acceptors (Lipinski definition) is 3. The zero-order valence-corrected chi connectivity index (χ0v) is 14.8. The lowest BCUT2D eigenvalue weighted by molar-refractivity contribution is 0.0653. The number of amides is 4. The lowest BCUT2D eigenvalue weighted by Crippen LogP contribution is -2.35. The SMILES string of the molecule is Cc1ccc(NC(=O)NCCCN2C(=O)c3ccccc3C2=O)cc1C. The third kappa shape index (κ3) is 3.59. The third-order valence-electron chi connectivity index (χ3n) is 4.49. The Morgan fingerprint density at radius 2 is 1.62 bits per heavy atom. The summed E-state index contributed by atoms with van der Waals surface area (Å²) in [5.74, 6) is -0.546. The first-order chi connectivity index (χ1) is 12.5. The minimum atomic E-state index is -0.310. The van der Waals surface area contributed by atoms with Crippen LogP contribution < -0.4 is 10.6 Å². The minimum Gasteiger partial charge on any atom is -0.338 e. The molecule has 0 aliphatic carbocycles. The van der Waals surface area contributed by atoms with Gasteiger partial charge in [0.1, 0.15) is 0 Å². The molecule has 0 radical (unpaired) electrons. The number of nitrogens with zero attached hydrogens (tertiary/aromatic N) is 1. The first kappa shape index (κ1) is 17.7. The van der Waals surface area contributed by atoms with E-state index in [2.05, 4.69) is 10.6 Å². The van der Waals surface area contributed by atoms with Crippen molar-refractivity contribution in [3.63, 3.8) is 0 Å². The predicted octanol–water partition coefficient (Wildman–Crippen LogP) is 3.11. The summed E-state index contributed by atoms with van der Waals surface area (Å²) in [6, 6.07) is 12.2. The molecule has 0 aromatic heterocycles. The van der Waals surface area contributed by atoms with Crippen LogP contribution in [0.4, 0.5) is 10.5 Å². The maximum absolute atomic E-state index is 12.2. The molecule has 0 saturated heterocycles. The van der Waals surface area contributed by atoms with E-state index in [9.17, 15) is 14.4 Å². The van der Waals surface area contributed by atoms with Crippen LogP contribution in [0.3, 0.4) is 0 Å². The zero-order valence-electron chi connectivity index (χ0n) is 14.8. The Morgan fingerprint density at radius 1 is 0.962 bits per heavy atom. The molecule has 134 valence electrons. The van der Waals surface area contributed by atoms with Gasteiger partial charge in [-0.05, 0) is 55.7 Å². The molecule has 0 saturated carbocycles. The largest absolute Gasteiger partial charge is 0.338 e. The molecule has 4 amide bonds. The van der Waals surface area contributed by atoms with Crippen LogP contribution in [0.1, 0.15) is 38.3 Å². The highest BCUT2D eigenvalue weighted by Crippen LogP contribution is 2.22. The van der Waals surface area contributed by atoms with Gasteiger partial charge in [-0.1, -0.05) is 18.2 Å². The second-order valence-electron chi connectivity index (χ2n) is 6.34. The maximum Gasteiger partial charge on any atom is 0.319 e. The summed E-state index contributed by atoms with van der Waals surface area (Å²) in [6.07, 6.45) is 0.492. The molecule has 0 fully saturated rings. The number of carbonyl (C=O) groups excluding carboxylic acids is 3. The number of benzene rings is 2. The molecule has 3 rings (SSSR count). The molecule has 1 heterocycles. The van der Waals surface area contributed by atoms with E-state index in [1.54, 1.807) is 24.3 Å². The van der Waals surface area contributed by atoms with E-state index in [0.717, 1.165) is 16.8 Å². The Balaban J connectivity index is 1.46. The summed E-state index contributed by atoms with van der Waals surface area (Å²) >= 11 is 0. The fourth-order valence-electron chi connectivity index (χ4n) is 2.88. The van der Waals surface area contributed by atoms with Crippen LogP contribution in [-0.4, -0.2) is 35.8 Å². The van der Waals surface area contributed by atoms with Crippen molar-refractivity contribution in [3.8, 4) is 0 Å². The number of rotatable bonds is 5. The number of carbonyl (C=O) groups is 3. The van der Waals surface area contributed by atoms with Crippen LogP contribution in [0, 0.1) is 13.8 Å². The van der Waals surface area contributed by atoms with E-state index < -0.39 is 0 Å². The topological polar surface area (TPSA) is 78.5 Å². The van der Waals surface area contributed by atoms with Crippen LogP contribution in [0.5, 0.6) is 0 Å². The van der Waals surface area contributed by atoms with E-state index in [4.69, 9.17) is 0 Å². The minimum absolute atomic E-state index is 0.273. The van der Waals surface area contributed by atoms with Crippen LogP contribution in [0.2, 0.25) is 0 Å². The van der Waals surface area contributed by atoms with Crippen LogP contribution >= 0.6 is 0 Å². The number of fused-ring (bicyclic) bond motifs is 1. The number of aryl methyl sites for hydroxylation is 2. The molecule has 2 N–H and O–H groups in total. The van der Waals surface area contributed by atoms with Gasteiger partial charge < -0.3 is 10.6 Å². The lowest BCUT2D eigenvalue weighted by atomic mass is 10.1. The van der Waals surface area contributed by atoms with Crippen molar-refractivity contribution in [1.82, 2.24) is 10.2 Å². The Hall–Kier alpha value is -3.15. The fourth-order valence-corrected chi connectivity index (χ4v) is 2.88. The average molecular weight is 351 g/mol. The smallest absolute Gasteiger partial charge is 0.319 e. The molecule has 0 unspecified atom stereocenters. The van der Waals surface area contributed by atoms with Crippen molar-refractivity contribution in [2.24, 2.45) is 0 Å². The summed E-state index contributed by atoms with van der Waals surface area (Å²) in [6.45, 7) is 4.64. The molecule has 26 heavy (non-hydrogen) atoms. The van der Waals surface area contributed by atoms with Crippen molar-refractivity contribution in [2.75, 3.05) is 18.4 Å². The van der Waals surface area contributed by atoms with Crippen LogP contribution in [0.25, 0.3) is 0 Å². The first-order valence-corrected chi connectivity index (χ1v) is 8.54. The Bertz CT molecular complexity index is 841. The van der Waals surface area contributed by atoms with Crippen molar-refractivity contribution in [3.05, 3.63) is 64.7 Å². The van der Waals surface area contributed by atoms with Crippen LogP contribution in [-0.2, 0) is 0 Å². The second kappa shape index (κ2) is 7.39. The van der Waals surface area contributed by atoms with E-state index >= 15 is 0 Å². The van der Waals surface area contributed by atoms with Gasteiger partial charge in [-0.15, -0.1) is 0 Å². The monoisotopic (exact) mass is 351 g/mol. The van der Waals surface area contributed by atoms with Gasteiger partial charge in [-0.3, -0.25) is 14.5 Å². The molecule has 2 aromatic carbocycles. The molecule has 0 spiro atoms. The van der Waals surface area contributed by atoms with Gasteiger partial charge in [0.15, 0.2) is 0 Å². The summed E-state index contributed by atoms with van der Waals surface area (Å²) in [5.41, 5.74) is 3.88. The van der Waals surface area contributed by atoms with Gasteiger partial charge >= 0.3 is 6.03 Å². The predicted molar refractivity (Wildman–Crippen MR) is 99.4 cm³/mol. The number of nitrogens with one attached hydrogen (secondary N) is 2. The fraction of sp³-hybridized carbons (Fsp3) is 0.250. The average Bonchev–Trinajstić information content (AvgIpc) is 2.87. The zero-order chi connectivity index (χ0) is 18.7. The van der Waals surface area contributed by atoms with E-state index in [0.29, 0.717) is 24.1 Å². The van der Waals surface area contributed by atoms with Crippen molar-refractivity contribution in [1.29, 1.82) is 0 Å². The Morgan fingerprint density at radius 3 is 2.23 bits per heavy atom. The summed E-state index contributed by atoms with van der Waals surface area (Å²) in [5, 5.41) is 5.51. The number of imide groups is 1. The Kier molecular flexibility index (Phi) is 5.02. The highest BCUT2D eigenvalue weighted by atomic mass is 16.2. The summed E-state index contributed by atoms with van der Waals surface area (Å²) in [4.78, 5) is 37.7. The van der Waals surface area contributed by atoms with E-state index in [1.807, 2.05) is 32.0 Å². The standard InChI is InChI=1S/C20H21N3O3/c1-13-8-9-15(12-14(13)2)22-20(26)21-10-5-11-23-18(24)16-6-3-4-7-17(16)19(23)25/h3-4,6-9,12H,5,10-11H2,1-2H3,(H2,21,22,26). The number of hydrogen-bond donors (Lipinski definition) is 2. The van der Waals surface area contributed by atoms with E-state index in [-0.39, 0.29) is 24.4 Å². The summed E-state index contributed by atoms with van der Waals surface area (Å²) in [7, 11) is 0. The molecule has 0 atom stereocenters. The van der Waals surface area contributed by atoms with Crippen molar-refractivity contribution < 1.29 is 14.4 Å². The summed E-state index contributed by atoms with van der Waals surface area (Å²) < 4.78 is 0. The normalized spacial score (nSPS) is 12.9. The van der Waals surface area contributed by atoms with Gasteiger partial charge in [0.25, 0.3) is 11.8 Å². The highest BCUT2D eigenvalue weighted by molar-refractivity contribution is 6.21. The molecule has 1 aliphatic rings. The first-order valence-electron chi connectivity index (χ1n) is 8.54. The lowest BCUT2D eigenvalue weighted by Gasteiger charge is -2.14. The van der Waals surface area contributed by atoms with Gasteiger partial charge in [0.05, 0.1) is 11.1 Å². The molecule has 0 bridgehead atoms.